The van der Waals surface area contributed by atoms with Crippen LogP contribution in [-0.4, -0.2) is 21.0 Å². The van der Waals surface area contributed by atoms with Gasteiger partial charge in [0.2, 0.25) is 0 Å². The number of rotatable bonds is 2. The van der Waals surface area contributed by atoms with Crippen molar-refractivity contribution in [3.63, 3.8) is 0 Å². The molecule has 0 aliphatic carbocycles. The Morgan fingerprint density at radius 3 is 2.72 bits per heavy atom. The van der Waals surface area contributed by atoms with Crippen LogP contribution in [0.1, 0.15) is 10.4 Å². The van der Waals surface area contributed by atoms with Crippen LogP contribution in [0.2, 0.25) is 5.02 Å². The maximum atomic E-state index is 11.5. The van der Waals surface area contributed by atoms with Gasteiger partial charge in [-0.15, -0.1) is 0 Å². The molecule has 2 N–H and O–H groups in total. The maximum absolute atomic E-state index is 11.5. The molecular weight excluding hydrogens is 323 g/mol. The number of halogens is 2. The fraction of sp³-hybridized carbons (Fsp3) is 0. The second kappa shape index (κ2) is 4.91. The highest BCUT2D eigenvalue weighted by Gasteiger charge is 2.11. The fourth-order valence-electron chi connectivity index (χ4n) is 1.34. The number of aromatic carboxylic acids is 1. The van der Waals surface area contributed by atoms with E-state index in [9.17, 15) is 9.59 Å². The van der Waals surface area contributed by atoms with Crippen LogP contribution in [0.25, 0.3) is 11.4 Å². The number of nitrogens with zero attached hydrogens (tertiary/aromatic N) is 1. The summed E-state index contributed by atoms with van der Waals surface area (Å²) in [5.74, 6) is -1.03. The van der Waals surface area contributed by atoms with Crippen LogP contribution < -0.4 is 5.56 Å². The Bertz CT molecular complexity index is 684. The van der Waals surface area contributed by atoms with Gasteiger partial charge in [0.15, 0.2) is 0 Å². The van der Waals surface area contributed by atoms with Crippen LogP contribution in [0.3, 0.4) is 0 Å². The standard InChI is InChI=1S/C11H6BrClN2O3/c12-7-3-5(1-2-8(7)13)9-14-4-6(11(17)18)10(16)15-9/h1-4H,(H,17,18)(H,14,15,16). The number of hydrogen-bond acceptors (Lipinski definition) is 3. The van der Waals surface area contributed by atoms with Crippen molar-refractivity contribution in [1.82, 2.24) is 9.97 Å². The van der Waals surface area contributed by atoms with Gasteiger partial charge < -0.3 is 10.1 Å². The van der Waals surface area contributed by atoms with E-state index in [4.69, 9.17) is 16.7 Å². The zero-order valence-corrected chi connectivity index (χ0v) is 11.1. The molecule has 1 heterocycles. The summed E-state index contributed by atoms with van der Waals surface area (Å²) in [5.41, 5.74) is -0.467. The molecule has 0 saturated heterocycles. The molecule has 0 spiro atoms. The second-order valence-corrected chi connectivity index (χ2v) is 4.67. The molecule has 0 unspecified atom stereocenters. The van der Waals surface area contributed by atoms with E-state index in [1.165, 1.54) is 0 Å². The Kier molecular flexibility index (Phi) is 3.49. The van der Waals surface area contributed by atoms with Crippen molar-refractivity contribution < 1.29 is 9.90 Å². The molecule has 0 bridgehead atoms. The fourth-order valence-corrected chi connectivity index (χ4v) is 1.83. The molecule has 2 aromatic rings. The van der Waals surface area contributed by atoms with E-state index >= 15 is 0 Å². The number of H-pyrrole nitrogens is 1. The van der Waals surface area contributed by atoms with E-state index < -0.39 is 17.1 Å². The van der Waals surface area contributed by atoms with Crippen molar-refractivity contribution in [3.8, 4) is 11.4 Å². The number of aromatic nitrogens is 2. The third kappa shape index (κ3) is 2.44. The van der Waals surface area contributed by atoms with Gasteiger partial charge in [-0.1, -0.05) is 11.6 Å². The predicted octanol–water partition coefficient (Wildman–Crippen LogP) is 2.55. The Morgan fingerprint density at radius 1 is 1.44 bits per heavy atom. The number of carbonyl (C=O) groups is 1. The molecular formula is C11H6BrClN2O3. The van der Waals surface area contributed by atoms with Crippen LogP contribution in [0.4, 0.5) is 0 Å². The maximum Gasteiger partial charge on any atom is 0.342 e. The minimum atomic E-state index is -1.31. The summed E-state index contributed by atoms with van der Waals surface area (Å²) in [6.45, 7) is 0. The Labute approximate surface area is 115 Å². The number of hydrogen-bond donors (Lipinski definition) is 2. The molecule has 92 valence electrons. The van der Waals surface area contributed by atoms with Crippen LogP contribution >= 0.6 is 27.5 Å². The number of benzene rings is 1. The summed E-state index contributed by atoms with van der Waals surface area (Å²) in [6.07, 6.45) is 1.03. The summed E-state index contributed by atoms with van der Waals surface area (Å²) < 4.78 is 0.659. The van der Waals surface area contributed by atoms with E-state index in [0.29, 0.717) is 15.1 Å². The molecule has 0 fully saturated rings. The largest absolute Gasteiger partial charge is 0.477 e. The van der Waals surface area contributed by atoms with Gasteiger partial charge in [0.1, 0.15) is 11.4 Å². The summed E-state index contributed by atoms with van der Waals surface area (Å²) in [7, 11) is 0. The summed E-state index contributed by atoms with van der Waals surface area (Å²) >= 11 is 9.10. The average Bonchev–Trinajstić information content (AvgIpc) is 2.32. The lowest BCUT2D eigenvalue weighted by Gasteiger charge is -2.03. The van der Waals surface area contributed by atoms with Gasteiger partial charge in [0, 0.05) is 16.2 Å². The monoisotopic (exact) mass is 328 g/mol. The molecule has 0 aliphatic rings. The van der Waals surface area contributed by atoms with Crippen LogP contribution in [0.15, 0.2) is 33.7 Å². The minimum Gasteiger partial charge on any atom is -0.477 e. The van der Waals surface area contributed by atoms with Gasteiger partial charge in [-0.3, -0.25) is 4.79 Å². The Morgan fingerprint density at radius 2 is 2.17 bits per heavy atom. The van der Waals surface area contributed by atoms with Gasteiger partial charge in [0.05, 0.1) is 5.02 Å². The first kappa shape index (κ1) is 12.8. The quantitative estimate of drug-likeness (QED) is 0.887. The lowest BCUT2D eigenvalue weighted by molar-refractivity contribution is 0.0694. The van der Waals surface area contributed by atoms with Crippen molar-refractivity contribution >= 4 is 33.5 Å². The van der Waals surface area contributed by atoms with Gasteiger partial charge in [-0.2, -0.15) is 0 Å². The lowest BCUT2D eigenvalue weighted by Crippen LogP contribution is -2.18. The summed E-state index contributed by atoms with van der Waals surface area (Å²) in [6, 6.07) is 5.00. The molecule has 2 rings (SSSR count). The first-order chi connectivity index (χ1) is 8.49. The third-order valence-electron chi connectivity index (χ3n) is 2.22. The summed E-state index contributed by atoms with van der Waals surface area (Å²) in [4.78, 5) is 28.5. The van der Waals surface area contributed by atoms with E-state index in [1.807, 2.05) is 0 Å². The number of aromatic amines is 1. The third-order valence-corrected chi connectivity index (χ3v) is 3.44. The molecule has 1 aromatic heterocycles. The molecule has 5 nitrogen and oxygen atoms in total. The lowest BCUT2D eigenvalue weighted by atomic mass is 10.2. The zero-order valence-electron chi connectivity index (χ0n) is 8.78. The van der Waals surface area contributed by atoms with Gasteiger partial charge in [-0.05, 0) is 34.1 Å². The molecule has 0 saturated carbocycles. The normalized spacial score (nSPS) is 10.3. The van der Waals surface area contributed by atoms with E-state index in [2.05, 4.69) is 25.9 Å². The average molecular weight is 330 g/mol. The first-order valence-corrected chi connectivity index (χ1v) is 5.94. The van der Waals surface area contributed by atoms with Crippen molar-refractivity contribution in [3.05, 3.63) is 49.8 Å². The van der Waals surface area contributed by atoms with Crippen LogP contribution in [0.5, 0.6) is 0 Å². The second-order valence-electron chi connectivity index (χ2n) is 3.41. The highest BCUT2D eigenvalue weighted by atomic mass is 79.9. The molecule has 0 amide bonds. The molecule has 1 aromatic carbocycles. The van der Waals surface area contributed by atoms with Crippen molar-refractivity contribution in [1.29, 1.82) is 0 Å². The van der Waals surface area contributed by atoms with E-state index in [1.54, 1.807) is 18.2 Å². The molecule has 0 radical (unpaired) electrons. The molecule has 0 aliphatic heterocycles. The molecule has 0 atom stereocenters. The number of nitrogens with one attached hydrogen (secondary N) is 1. The predicted molar refractivity (Wildman–Crippen MR) is 70.0 cm³/mol. The zero-order chi connectivity index (χ0) is 13.3. The van der Waals surface area contributed by atoms with Crippen molar-refractivity contribution in [2.24, 2.45) is 0 Å². The van der Waals surface area contributed by atoms with Crippen LogP contribution in [0, 0.1) is 0 Å². The molecule has 7 heteroatoms. The summed E-state index contributed by atoms with van der Waals surface area (Å²) in [5, 5.41) is 9.25. The van der Waals surface area contributed by atoms with E-state index in [0.717, 1.165) is 6.20 Å². The highest BCUT2D eigenvalue weighted by molar-refractivity contribution is 9.10. The first-order valence-electron chi connectivity index (χ1n) is 4.77. The minimum absolute atomic E-state index is 0.280. The van der Waals surface area contributed by atoms with E-state index in [-0.39, 0.29) is 5.82 Å². The number of carboxylic acids is 1. The number of carboxylic acid groups (broad SMARTS) is 1. The Hall–Kier alpha value is -1.66. The SMILES string of the molecule is O=C(O)c1cnc(-c2ccc(Cl)c(Br)c2)[nH]c1=O. The Balaban J connectivity index is 2.52. The van der Waals surface area contributed by atoms with Gasteiger partial charge in [-0.25, -0.2) is 9.78 Å². The van der Waals surface area contributed by atoms with Gasteiger partial charge >= 0.3 is 5.97 Å². The van der Waals surface area contributed by atoms with Gasteiger partial charge in [0.25, 0.3) is 5.56 Å². The van der Waals surface area contributed by atoms with Crippen molar-refractivity contribution in [2.75, 3.05) is 0 Å². The highest BCUT2D eigenvalue weighted by Crippen LogP contribution is 2.26. The smallest absolute Gasteiger partial charge is 0.342 e. The topological polar surface area (TPSA) is 83.0 Å². The molecule has 18 heavy (non-hydrogen) atoms. The van der Waals surface area contributed by atoms with Crippen molar-refractivity contribution in [2.45, 2.75) is 0 Å². The van der Waals surface area contributed by atoms with Crippen LogP contribution in [-0.2, 0) is 0 Å².